The lowest BCUT2D eigenvalue weighted by Crippen LogP contribution is -2.31. The van der Waals surface area contributed by atoms with Gasteiger partial charge in [0.2, 0.25) is 0 Å². The van der Waals surface area contributed by atoms with E-state index in [1.807, 2.05) is 12.1 Å². The number of rotatable bonds is 8. The highest BCUT2D eigenvalue weighted by molar-refractivity contribution is 9.10. The van der Waals surface area contributed by atoms with Crippen molar-refractivity contribution in [3.63, 3.8) is 0 Å². The van der Waals surface area contributed by atoms with Gasteiger partial charge in [0.05, 0.1) is 7.11 Å². The number of benzene rings is 2. The minimum absolute atomic E-state index is 0.104. The van der Waals surface area contributed by atoms with E-state index < -0.39 is 5.97 Å². The number of methoxy groups -OCH3 is 1. The van der Waals surface area contributed by atoms with Crippen LogP contribution in [-0.2, 0) is 9.53 Å². The Kier molecular flexibility index (Phi) is 7.28. The van der Waals surface area contributed by atoms with Gasteiger partial charge in [-0.15, -0.1) is 0 Å². The quantitative estimate of drug-likeness (QED) is 0.537. The maximum atomic E-state index is 11.9. The van der Waals surface area contributed by atoms with Crippen LogP contribution in [0.5, 0.6) is 11.5 Å². The topological polar surface area (TPSA) is 73.9 Å². The van der Waals surface area contributed by atoms with Gasteiger partial charge in [-0.25, -0.2) is 0 Å². The summed E-state index contributed by atoms with van der Waals surface area (Å²) in [6, 6.07) is 13.9. The minimum Gasteiger partial charge on any atom is -0.497 e. The molecule has 1 N–H and O–H groups in total. The van der Waals surface area contributed by atoms with E-state index in [9.17, 15) is 9.59 Å². The molecule has 2 rings (SSSR count). The van der Waals surface area contributed by atoms with Gasteiger partial charge in [0.15, 0.2) is 0 Å². The molecule has 0 radical (unpaired) electrons. The van der Waals surface area contributed by atoms with Gasteiger partial charge in [-0.05, 0) is 48.5 Å². The molecule has 0 aliphatic rings. The Labute approximate surface area is 154 Å². The Bertz CT molecular complexity index is 700. The molecule has 0 saturated heterocycles. The summed E-state index contributed by atoms with van der Waals surface area (Å²) < 4.78 is 16.4. The third-order valence-electron chi connectivity index (χ3n) is 3.17. The molecule has 0 atom stereocenters. The number of carbonyl (C=O) groups is 2. The van der Waals surface area contributed by atoms with Crippen molar-refractivity contribution in [2.24, 2.45) is 0 Å². The highest BCUT2D eigenvalue weighted by Crippen LogP contribution is 2.15. The Morgan fingerprint density at radius 3 is 2.24 bits per heavy atom. The van der Waals surface area contributed by atoms with Gasteiger partial charge >= 0.3 is 5.97 Å². The number of carbonyl (C=O) groups excluding carboxylic acids is 2. The average Bonchev–Trinajstić information content (AvgIpc) is 2.64. The zero-order chi connectivity index (χ0) is 18.1. The summed E-state index contributed by atoms with van der Waals surface area (Å²) in [5.41, 5.74) is 0.437. The Morgan fingerprint density at radius 2 is 1.60 bits per heavy atom. The molecule has 6 nitrogen and oxygen atoms in total. The Morgan fingerprint density at radius 1 is 0.960 bits per heavy atom. The van der Waals surface area contributed by atoms with Crippen LogP contribution in [0, 0.1) is 0 Å². The van der Waals surface area contributed by atoms with Crippen LogP contribution in [0.2, 0.25) is 0 Å². The molecular formula is C18H18BrNO5. The van der Waals surface area contributed by atoms with E-state index >= 15 is 0 Å². The zero-order valence-electron chi connectivity index (χ0n) is 13.7. The van der Waals surface area contributed by atoms with Gasteiger partial charge < -0.3 is 19.5 Å². The summed E-state index contributed by atoms with van der Waals surface area (Å²) in [5.74, 6) is 0.459. The van der Waals surface area contributed by atoms with E-state index in [-0.39, 0.29) is 25.7 Å². The van der Waals surface area contributed by atoms with Crippen molar-refractivity contribution >= 4 is 27.8 Å². The Hall–Kier alpha value is -2.54. The van der Waals surface area contributed by atoms with Gasteiger partial charge in [0, 0.05) is 10.0 Å². The summed E-state index contributed by atoms with van der Waals surface area (Å²) in [6.07, 6.45) is 0. The van der Waals surface area contributed by atoms with Gasteiger partial charge in [-0.2, -0.15) is 0 Å². The van der Waals surface area contributed by atoms with Gasteiger partial charge in [0.1, 0.15) is 31.3 Å². The molecule has 0 aliphatic carbocycles. The predicted octanol–water partition coefficient (Wildman–Crippen LogP) is 2.81. The van der Waals surface area contributed by atoms with Crippen molar-refractivity contribution in [1.82, 2.24) is 5.32 Å². The first-order valence-corrected chi connectivity index (χ1v) is 8.34. The van der Waals surface area contributed by atoms with Crippen molar-refractivity contribution < 1.29 is 23.8 Å². The summed E-state index contributed by atoms with van der Waals surface area (Å²) in [7, 11) is 1.55. The first-order valence-electron chi connectivity index (χ1n) is 7.55. The average molecular weight is 408 g/mol. The summed E-state index contributed by atoms with van der Waals surface area (Å²) >= 11 is 3.33. The molecule has 0 saturated carbocycles. The number of amides is 1. The van der Waals surface area contributed by atoms with Gasteiger partial charge in [-0.1, -0.05) is 15.9 Å². The largest absolute Gasteiger partial charge is 0.497 e. The fraction of sp³-hybridized carbons (Fsp3) is 0.222. The van der Waals surface area contributed by atoms with Crippen molar-refractivity contribution in [1.29, 1.82) is 0 Å². The van der Waals surface area contributed by atoms with Crippen LogP contribution in [0.15, 0.2) is 53.0 Å². The third kappa shape index (κ3) is 6.46. The molecule has 0 unspecified atom stereocenters. The molecule has 0 heterocycles. The summed E-state index contributed by atoms with van der Waals surface area (Å²) in [5, 5.41) is 2.50. The van der Waals surface area contributed by atoms with Crippen molar-refractivity contribution in [3.05, 3.63) is 58.6 Å². The molecule has 25 heavy (non-hydrogen) atoms. The second kappa shape index (κ2) is 9.68. The van der Waals surface area contributed by atoms with E-state index in [1.54, 1.807) is 43.5 Å². The third-order valence-corrected chi connectivity index (χ3v) is 3.70. The fourth-order valence-corrected chi connectivity index (χ4v) is 2.16. The molecule has 2 aromatic carbocycles. The fourth-order valence-electron chi connectivity index (χ4n) is 1.89. The smallest absolute Gasteiger partial charge is 0.325 e. The lowest BCUT2D eigenvalue weighted by atomic mass is 10.2. The van der Waals surface area contributed by atoms with Gasteiger partial charge in [0.25, 0.3) is 5.91 Å². The molecule has 0 aliphatic heterocycles. The van der Waals surface area contributed by atoms with Crippen LogP contribution < -0.4 is 14.8 Å². The maximum absolute atomic E-state index is 11.9. The van der Waals surface area contributed by atoms with Crippen LogP contribution in [0.4, 0.5) is 0 Å². The Balaban J connectivity index is 1.64. The van der Waals surface area contributed by atoms with Crippen LogP contribution >= 0.6 is 15.9 Å². The van der Waals surface area contributed by atoms with Crippen LogP contribution in [0.25, 0.3) is 0 Å². The minimum atomic E-state index is -0.527. The summed E-state index contributed by atoms with van der Waals surface area (Å²) in [4.78, 5) is 23.5. The first kappa shape index (κ1) is 18.8. The van der Waals surface area contributed by atoms with E-state index in [2.05, 4.69) is 21.2 Å². The number of halogens is 1. The molecule has 2 aromatic rings. The van der Waals surface area contributed by atoms with Crippen LogP contribution in [-0.4, -0.2) is 38.7 Å². The molecule has 0 bridgehead atoms. The second-order valence-corrected chi connectivity index (χ2v) is 5.85. The number of hydrogen-bond acceptors (Lipinski definition) is 5. The SMILES string of the molecule is COc1ccc(C(=O)NCC(=O)OCCOc2ccc(Br)cc2)cc1. The molecule has 1 amide bonds. The molecule has 0 aromatic heterocycles. The number of esters is 1. The highest BCUT2D eigenvalue weighted by atomic mass is 79.9. The lowest BCUT2D eigenvalue weighted by molar-refractivity contribution is -0.143. The van der Waals surface area contributed by atoms with Crippen LogP contribution in [0.3, 0.4) is 0 Å². The molecule has 0 fully saturated rings. The number of nitrogens with one attached hydrogen (secondary N) is 1. The molecule has 132 valence electrons. The predicted molar refractivity (Wildman–Crippen MR) is 95.9 cm³/mol. The molecular weight excluding hydrogens is 390 g/mol. The molecule has 0 spiro atoms. The number of ether oxygens (including phenoxy) is 3. The number of hydrogen-bond donors (Lipinski definition) is 1. The molecule has 7 heteroatoms. The first-order chi connectivity index (χ1) is 12.1. The van der Waals surface area contributed by atoms with Crippen molar-refractivity contribution in [2.75, 3.05) is 26.9 Å². The van der Waals surface area contributed by atoms with Gasteiger partial charge in [-0.3, -0.25) is 9.59 Å². The van der Waals surface area contributed by atoms with E-state index in [0.717, 1.165) is 4.47 Å². The van der Waals surface area contributed by atoms with E-state index in [4.69, 9.17) is 14.2 Å². The second-order valence-electron chi connectivity index (χ2n) is 4.93. The maximum Gasteiger partial charge on any atom is 0.325 e. The monoisotopic (exact) mass is 407 g/mol. The van der Waals surface area contributed by atoms with Crippen LogP contribution in [0.1, 0.15) is 10.4 Å². The standard InChI is InChI=1S/C18H18BrNO5/c1-23-15-6-2-13(3-7-15)18(22)20-12-17(21)25-11-10-24-16-8-4-14(19)5-9-16/h2-9H,10-12H2,1H3,(H,20,22). The van der Waals surface area contributed by atoms with Crippen molar-refractivity contribution in [3.8, 4) is 11.5 Å². The summed E-state index contributed by atoms with van der Waals surface area (Å²) in [6.45, 7) is 0.135. The zero-order valence-corrected chi connectivity index (χ0v) is 15.2. The van der Waals surface area contributed by atoms with E-state index in [0.29, 0.717) is 17.1 Å². The lowest BCUT2D eigenvalue weighted by Gasteiger charge is -2.08. The normalized spacial score (nSPS) is 10.0. The highest BCUT2D eigenvalue weighted by Gasteiger charge is 2.09. The van der Waals surface area contributed by atoms with E-state index in [1.165, 1.54) is 0 Å². The van der Waals surface area contributed by atoms with Crippen molar-refractivity contribution in [2.45, 2.75) is 0 Å².